The second kappa shape index (κ2) is 4.67. The number of cyclic esters (lactones) is 1. The van der Waals surface area contributed by atoms with Crippen LogP contribution in [0.3, 0.4) is 0 Å². The molecule has 3 heteroatoms. The molecule has 0 bridgehead atoms. The Hall–Kier alpha value is -0.860. The lowest BCUT2D eigenvalue weighted by Crippen LogP contribution is -2.32. The van der Waals surface area contributed by atoms with Crippen LogP contribution in [-0.2, 0) is 14.3 Å². The summed E-state index contributed by atoms with van der Waals surface area (Å²) in [6.45, 7) is 8.15. The summed E-state index contributed by atoms with van der Waals surface area (Å²) < 4.78 is 5.57. The zero-order chi connectivity index (χ0) is 13.5. The number of hydrogen-bond acceptors (Lipinski definition) is 3. The highest BCUT2D eigenvalue weighted by molar-refractivity contribution is 5.78. The average molecular weight is 252 g/mol. The summed E-state index contributed by atoms with van der Waals surface area (Å²) in [6.07, 6.45) is 3.33. The summed E-state index contributed by atoms with van der Waals surface area (Å²) in [5, 5.41) is 0. The van der Waals surface area contributed by atoms with E-state index in [-0.39, 0.29) is 29.2 Å². The van der Waals surface area contributed by atoms with E-state index >= 15 is 0 Å². The van der Waals surface area contributed by atoms with Crippen LogP contribution in [0, 0.1) is 23.2 Å². The van der Waals surface area contributed by atoms with Crippen LogP contribution < -0.4 is 0 Å². The van der Waals surface area contributed by atoms with Crippen LogP contribution >= 0.6 is 0 Å². The minimum absolute atomic E-state index is 0.0257. The third-order valence-electron chi connectivity index (χ3n) is 5.02. The highest BCUT2D eigenvalue weighted by Crippen LogP contribution is 2.57. The van der Waals surface area contributed by atoms with E-state index in [0.29, 0.717) is 24.7 Å². The Bertz CT molecular complexity index is 361. The fraction of sp³-hybridized carbons (Fsp3) is 0.867. The fourth-order valence-corrected chi connectivity index (χ4v) is 3.88. The molecule has 1 aliphatic carbocycles. The Morgan fingerprint density at radius 2 is 2.17 bits per heavy atom. The van der Waals surface area contributed by atoms with Crippen molar-refractivity contribution in [1.82, 2.24) is 0 Å². The van der Waals surface area contributed by atoms with E-state index in [0.717, 1.165) is 12.8 Å². The number of esters is 1. The van der Waals surface area contributed by atoms with Gasteiger partial charge in [-0.25, -0.2) is 0 Å². The van der Waals surface area contributed by atoms with Crippen LogP contribution in [-0.4, -0.2) is 17.9 Å². The van der Waals surface area contributed by atoms with E-state index in [1.165, 1.54) is 0 Å². The van der Waals surface area contributed by atoms with E-state index in [1.807, 2.05) is 0 Å². The number of carbonyl (C=O) groups excluding carboxylic acids is 2. The van der Waals surface area contributed by atoms with Crippen molar-refractivity contribution in [1.29, 1.82) is 0 Å². The van der Waals surface area contributed by atoms with Gasteiger partial charge in [0.1, 0.15) is 11.9 Å². The molecule has 0 aromatic rings. The molecule has 2 aliphatic rings. The maximum absolute atomic E-state index is 12.1. The first-order chi connectivity index (χ1) is 8.36. The molecule has 0 spiro atoms. The van der Waals surface area contributed by atoms with Gasteiger partial charge in [0, 0.05) is 11.8 Å². The molecule has 3 nitrogen and oxygen atoms in total. The van der Waals surface area contributed by atoms with Crippen molar-refractivity contribution in [3.8, 4) is 0 Å². The summed E-state index contributed by atoms with van der Waals surface area (Å²) in [5.74, 6) is 1.17. The molecular formula is C15H24O3. The topological polar surface area (TPSA) is 43.4 Å². The standard InChI is InChI=1S/C15H24O3/c1-9(2)11-7-8-15(4)12(6-5-10(3)16)18-14(17)13(11)15/h9,11-13H,5-8H2,1-4H3. The molecule has 0 aromatic carbocycles. The molecule has 0 aromatic heterocycles. The van der Waals surface area contributed by atoms with Crippen molar-refractivity contribution < 1.29 is 14.3 Å². The van der Waals surface area contributed by atoms with Crippen LogP contribution in [0.2, 0.25) is 0 Å². The molecule has 2 fully saturated rings. The van der Waals surface area contributed by atoms with Gasteiger partial charge in [0.2, 0.25) is 0 Å². The molecule has 4 atom stereocenters. The lowest BCUT2D eigenvalue weighted by atomic mass is 9.72. The quantitative estimate of drug-likeness (QED) is 0.722. The van der Waals surface area contributed by atoms with Crippen molar-refractivity contribution in [2.45, 2.75) is 59.5 Å². The number of ketones is 1. The Kier molecular flexibility index (Phi) is 3.52. The van der Waals surface area contributed by atoms with E-state index in [2.05, 4.69) is 20.8 Å². The third kappa shape index (κ3) is 2.08. The predicted octanol–water partition coefficient (Wildman–Crippen LogP) is 2.97. The van der Waals surface area contributed by atoms with Gasteiger partial charge in [-0.05, 0) is 38.0 Å². The molecule has 102 valence electrons. The van der Waals surface area contributed by atoms with Crippen LogP contribution in [0.1, 0.15) is 53.4 Å². The highest BCUT2D eigenvalue weighted by Gasteiger charge is 2.60. The van der Waals surface area contributed by atoms with Crippen molar-refractivity contribution >= 4 is 11.8 Å². The summed E-state index contributed by atoms with van der Waals surface area (Å²) >= 11 is 0. The van der Waals surface area contributed by atoms with Crippen LogP contribution in [0.4, 0.5) is 0 Å². The number of carbonyl (C=O) groups is 2. The Morgan fingerprint density at radius 3 is 2.72 bits per heavy atom. The zero-order valence-corrected chi connectivity index (χ0v) is 11.9. The molecule has 2 rings (SSSR count). The maximum atomic E-state index is 12.1. The van der Waals surface area contributed by atoms with E-state index in [9.17, 15) is 9.59 Å². The minimum atomic E-state index is -0.0531. The summed E-state index contributed by atoms with van der Waals surface area (Å²) in [6, 6.07) is 0. The largest absolute Gasteiger partial charge is 0.462 e. The molecule has 1 saturated heterocycles. The molecular weight excluding hydrogens is 228 g/mol. The molecule has 18 heavy (non-hydrogen) atoms. The molecule has 1 saturated carbocycles. The molecule has 0 N–H and O–H groups in total. The van der Waals surface area contributed by atoms with Gasteiger partial charge in [-0.1, -0.05) is 20.8 Å². The fourth-order valence-electron chi connectivity index (χ4n) is 3.88. The smallest absolute Gasteiger partial charge is 0.310 e. The van der Waals surface area contributed by atoms with Crippen LogP contribution in [0.25, 0.3) is 0 Å². The number of ether oxygens (including phenoxy) is 1. The molecule has 1 aliphatic heterocycles. The van der Waals surface area contributed by atoms with Crippen LogP contribution in [0.15, 0.2) is 0 Å². The van der Waals surface area contributed by atoms with Gasteiger partial charge in [0.05, 0.1) is 5.92 Å². The third-order valence-corrected chi connectivity index (χ3v) is 5.02. The van der Waals surface area contributed by atoms with Gasteiger partial charge in [0.25, 0.3) is 0 Å². The first-order valence-electron chi connectivity index (χ1n) is 7.06. The number of fused-ring (bicyclic) bond motifs is 1. The van der Waals surface area contributed by atoms with Crippen molar-refractivity contribution in [3.63, 3.8) is 0 Å². The van der Waals surface area contributed by atoms with Crippen molar-refractivity contribution in [3.05, 3.63) is 0 Å². The Morgan fingerprint density at radius 1 is 1.50 bits per heavy atom. The monoisotopic (exact) mass is 252 g/mol. The zero-order valence-electron chi connectivity index (χ0n) is 11.9. The molecule has 1 heterocycles. The first-order valence-corrected chi connectivity index (χ1v) is 7.06. The summed E-state index contributed by atoms with van der Waals surface area (Å²) in [4.78, 5) is 23.2. The number of Topliss-reactive ketones (excluding diaryl/α,β-unsaturated/α-hetero) is 1. The second-order valence-corrected chi connectivity index (χ2v) is 6.60. The minimum Gasteiger partial charge on any atom is -0.462 e. The number of hydrogen-bond donors (Lipinski definition) is 0. The second-order valence-electron chi connectivity index (χ2n) is 6.60. The Balaban J connectivity index is 2.14. The van der Waals surface area contributed by atoms with Crippen LogP contribution in [0.5, 0.6) is 0 Å². The van der Waals surface area contributed by atoms with Gasteiger partial charge in [0.15, 0.2) is 0 Å². The lowest BCUT2D eigenvalue weighted by molar-refractivity contribution is -0.146. The SMILES string of the molecule is CC(=O)CCC1OC(=O)C2C(C(C)C)CCC12C. The summed E-state index contributed by atoms with van der Waals surface area (Å²) in [7, 11) is 0. The Labute approximate surface area is 109 Å². The van der Waals surface area contributed by atoms with Gasteiger partial charge in [-0.15, -0.1) is 0 Å². The molecule has 0 amide bonds. The molecule has 0 radical (unpaired) electrons. The van der Waals surface area contributed by atoms with Crippen molar-refractivity contribution in [2.75, 3.05) is 0 Å². The van der Waals surface area contributed by atoms with E-state index in [1.54, 1.807) is 6.92 Å². The van der Waals surface area contributed by atoms with Gasteiger partial charge >= 0.3 is 5.97 Å². The predicted molar refractivity (Wildman–Crippen MR) is 69.0 cm³/mol. The first kappa shape index (κ1) is 13.6. The average Bonchev–Trinajstić information content (AvgIpc) is 2.72. The van der Waals surface area contributed by atoms with E-state index < -0.39 is 0 Å². The maximum Gasteiger partial charge on any atom is 0.310 e. The van der Waals surface area contributed by atoms with Crippen molar-refractivity contribution in [2.24, 2.45) is 23.2 Å². The van der Waals surface area contributed by atoms with Gasteiger partial charge in [-0.3, -0.25) is 4.79 Å². The van der Waals surface area contributed by atoms with Gasteiger partial charge in [-0.2, -0.15) is 0 Å². The highest BCUT2D eigenvalue weighted by atomic mass is 16.6. The summed E-state index contributed by atoms with van der Waals surface area (Å²) in [5.41, 5.74) is -0.0402. The van der Waals surface area contributed by atoms with E-state index in [4.69, 9.17) is 4.74 Å². The van der Waals surface area contributed by atoms with Gasteiger partial charge < -0.3 is 9.53 Å². The number of rotatable bonds is 4. The lowest BCUT2D eigenvalue weighted by Gasteiger charge is -2.28. The normalized spacial score (nSPS) is 38.9. The molecule has 4 unspecified atom stereocenters.